The van der Waals surface area contributed by atoms with Gasteiger partial charge in [-0.1, -0.05) is 368 Å². The van der Waals surface area contributed by atoms with E-state index in [0.29, 0.717) is 52.9 Å². The number of nitrogens with zero attached hydrogens (tertiary/aromatic N) is 2. The topological polar surface area (TPSA) is 131 Å². The maximum atomic E-state index is 6.74. The molecule has 1 radical (unpaired) electrons. The number of fused-ring (bicyclic) bond motifs is 8. The standard InChI is InChI=1S/C100H174N4O8.4C2H6.Cu/c1-9-17-25-33-41-49-65-105-73-57-85-86(58-74-106-66-50-42-34-26-18-10-2)94-82-96-89(61-77-109-69-53-45-37-29-21-13-5)90(62-78-110-70-54-46-38-30-22-14-6)98(103-96)84-100-92(64-80-112-72-56-48-40-32-24-16-8)91(63-79-111-71-55-47-39-31-23-15-7)99(104-100)83-97-88(60-76-108-68-52-44-36-28-20-12-4)87(95(102-97)81-93(85)101-94)59-75-107-67-51-43-35-27-19-11-3;4*1-2;/h81-84,101-102H,9-80H2,1-8H3;4*1-2H3;. The summed E-state index contributed by atoms with van der Waals surface area (Å²) < 4.78 is 53.8. The van der Waals surface area contributed by atoms with E-state index in [-0.39, 0.29) is 17.1 Å². The van der Waals surface area contributed by atoms with Crippen LogP contribution in [-0.4, -0.2) is 126 Å². The van der Waals surface area contributed by atoms with Gasteiger partial charge in [-0.25, -0.2) is 9.97 Å². The first-order valence-corrected chi connectivity index (χ1v) is 52.3. The number of aromatic amines is 2. The van der Waals surface area contributed by atoms with Crippen molar-refractivity contribution in [3.63, 3.8) is 0 Å². The van der Waals surface area contributed by atoms with Gasteiger partial charge in [0.1, 0.15) is 0 Å². The van der Waals surface area contributed by atoms with Crippen molar-refractivity contribution in [2.45, 2.75) is 470 Å². The van der Waals surface area contributed by atoms with Crippen LogP contribution in [-0.2, 0) is 80.6 Å². The average molecular weight is 1740 g/mol. The monoisotopic (exact) mass is 1740 g/mol. The molecule has 8 bridgehead atoms. The third-order valence-electron chi connectivity index (χ3n) is 23.2. The summed E-state index contributed by atoms with van der Waals surface area (Å²) in [5.41, 5.74) is 18.6. The molecule has 0 amide bonds. The fourth-order valence-electron chi connectivity index (χ4n) is 16.3. The van der Waals surface area contributed by atoms with Crippen LogP contribution >= 0.6 is 0 Å². The average Bonchev–Trinajstić information content (AvgIpc) is 1.61. The van der Waals surface area contributed by atoms with Crippen LogP contribution in [0.25, 0.3) is 44.4 Å². The first kappa shape index (κ1) is 118. The molecule has 0 saturated heterocycles. The number of H-pyrrole nitrogens is 2. The van der Waals surface area contributed by atoms with E-state index in [2.05, 4.69) is 89.6 Å². The van der Waals surface area contributed by atoms with E-state index in [1.165, 1.54) is 301 Å². The van der Waals surface area contributed by atoms with Gasteiger partial charge in [-0.3, -0.25) is 0 Å². The van der Waals surface area contributed by atoms with Crippen LogP contribution < -0.4 is 0 Å². The molecule has 121 heavy (non-hydrogen) atoms. The Kier molecular flexibility index (Phi) is 86.5. The molecule has 5 rings (SSSR count). The van der Waals surface area contributed by atoms with Gasteiger partial charge in [0.2, 0.25) is 0 Å². The summed E-state index contributed by atoms with van der Waals surface area (Å²) in [7, 11) is 0. The Morgan fingerprint density at radius 2 is 0.331 bits per heavy atom. The molecule has 0 atom stereocenters. The van der Waals surface area contributed by atoms with Gasteiger partial charge in [0.15, 0.2) is 0 Å². The molecule has 2 N–H and O–H groups in total. The predicted molar refractivity (Wildman–Crippen MR) is 527 cm³/mol. The second kappa shape index (κ2) is 88.8. The summed E-state index contributed by atoms with van der Waals surface area (Å²) in [4.78, 5) is 20.4. The van der Waals surface area contributed by atoms with Gasteiger partial charge < -0.3 is 47.9 Å². The van der Waals surface area contributed by atoms with Crippen LogP contribution in [0.4, 0.5) is 0 Å². The van der Waals surface area contributed by atoms with Crippen molar-refractivity contribution in [3.05, 3.63) is 69.3 Å². The van der Waals surface area contributed by atoms with Crippen LogP contribution in [0.1, 0.15) is 490 Å². The number of rotatable bonds is 80. The molecule has 3 aromatic heterocycles. The largest absolute Gasteiger partial charge is 0.381 e. The molecule has 0 fully saturated rings. The van der Waals surface area contributed by atoms with Gasteiger partial charge in [-0.05, 0) is 172 Å². The molecular formula is C108H198CuN4O8. The van der Waals surface area contributed by atoms with E-state index in [9.17, 15) is 0 Å². The van der Waals surface area contributed by atoms with Crippen molar-refractivity contribution >= 4 is 44.4 Å². The molecule has 3 aromatic rings. The molecule has 0 aliphatic carbocycles. The van der Waals surface area contributed by atoms with E-state index in [0.717, 1.165) is 200 Å². The SMILES string of the molecule is CC.CC.CC.CC.CCCCCCCCOCCC1=C(CCOCCCCCCCC)c2cc3[nH]c(cc4[nH]c(cc5nc(cc1n2)C(CCOCCCCCCCC)=C5CCOCCCCCCCC)c(CCOCCCCCCCC)c4CCOCCCCCCCC)c(CCOCCCCCCCC)c3CCOCCCCCCCC.[Cu]. The van der Waals surface area contributed by atoms with Crippen LogP contribution in [0, 0.1) is 0 Å². The maximum Gasteiger partial charge on any atom is 0.0695 e. The third kappa shape index (κ3) is 56.7. The molecule has 12 nitrogen and oxygen atoms in total. The van der Waals surface area contributed by atoms with Crippen molar-refractivity contribution in [2.75, 3.05) is 106 Å². The summed E-state index contributed by atoms with van der Waals surface area (Å²) in [6, 6.07) is 9.66. The fourth-order valence-corrected chi connectivity index (χ4v) is 16.3. The molecule has 13 heteroatoms. The van der Waals surface area contributed by atoms with Crippen molar-refractivity contribution in [1.29, 1.82) is 0 Å². The van der Waals surface area contributed by atoms with E-state index >= 15 is 0 Å². The minimum atomic E-state index is 0. The van der Waals surface area contributed by atoms with Crippen molar-refractivity contribution < 1.29 is 55.0 Å². The Bertz CT molecular complexity index is 2800. The Morgan fingerprint density at radius 1 is 0.182 bits per heavy atom. The minimum Gasteiger partial charge on any atom is -0.381 e. The molecule has 709 valence electrons. The second-order valence-electron chi connectivity index (χ2n) is 33.1. The number of hydrogen-bond acceptors (Lipinski definition) is 10. The van der Waals surface area contributed by atoms with Gasteiger partial charge >= 0.3 is 0 Å². The van der Waals surface area contributed by atoms with Gasteiger partial charge in [-0.15, -0.1) is 0 Å². The molecule has 0 spiro atoms. The quantitative estimate of drug-likeness (QED) is 0.0416. The van der Waals surface area contributed by atoms with Crippen LogP contribution in [0.3, 0.4) is 0 Å². The van der Waals surface area contributed by atoms with E-state index in [1.54, 1.807) is 0 Å². The molecule has 0 unspecified atom stereocenters. The number of ether oxygens (including phenoxy) is 8. The summed E-state index contributed by atoms with van der Waals surface area (Å²) in [5.74, 6) is 0. The summed E-state index contributed by atoms with van der Waals surface area (Å²) in [5, 5.41) is 0. The van der Waals surface area contributed by atoms with Crippen molar-refractivity contribution in [3.8, 4) is 0 Å². The maximum absolute atomic E-state index is 6.74. The summed E-state index contributed by atoms with van der Waals surface area (Å²) >= 11 is 0. The zero-order valence-corrected chi connectivity index (χ0v) is 83.6. The van der Waals surface area contributed by atoms with E-state index < -0.39 is 0 Å². The predicted octanol–water partition coefficient (Wildman–Crippen LogP) is 33.0. The van der Waals surface area contributed by atoms with E-state index in [4.69, 9.17) is 47.9 Å². The van der Waals surface area contributed by atoms with Crippen LogP contribution in [0.15, 0.2) is 24.3 Å². The van der Waals surface area contributed by atoms with Crippen molar-refractivity contribution in [2.24, 2.45) is 0 Å². The smallest absolute Gasteiger partial charge is 0.0695 e. The molecule has 2 aliphatic rings. The second-order valence-corrected chi connectivity index (χ2v) is 33.1. The van der Waals surface area contributed by atoms with Crippen molar-refractivity contribution in [1.82, 2.24) is 19.9 Å². The number of nitrogens with one attached hydrogen (secondary N) is 2. The Labute approximate surface area is 759 Å². The first-order valence-electron chi connectivity index (χ1n) is 52.3. The van der Waals surface area contributed by atoms with Gasteiger partial charge in [0.25, 0.3) is 0 Å². The molecule has 2 aliphatic heterocycles. The molecule has 0 aromatic carbocycles. The van der Waals surface area contributed by atoms with Crippen LogP contribution in [0.5, 0.6) is 0 Å². The summed E-state index contributed by atoms with van der Waals surface area (Å²) in [6.45, 7) is 45.7. The van der Waals surface area contributed by atoms with Crippen LogP contribution in [0.2, 0.25) is 0 Å². The Hall–Kier alpha value is -3.20. The normalized spacial score (nSPS) is 11.8. The van der Waals surface area contributed by atoms with Gasteiger partial charge in [-0.2, -0.15) is 0 Å². The van der Waals surface area contributed by atoms with Gasteiger partial charge in [0, 0.05) is 92.0 Å². The first-order chi connectivity index (χ1) is 59.5. The number of unbranched alkanes of at least 4 members (excludes halogenated alkanes) is 40. The number of aromatic nitrogens is 4. The zero-order valence-electron chi connectivity index (χ0n) is 82.7. The molecule has 5 heterocycles. The van der Waals surface area contributed by atoms with E-state index in [1.807, 2.05) is 55.4 Å². The Morgan fingerprint density at radius 3 is 0.512 bits per heavy atom. The summed E-state index contributed by atoms with van der Waals surface area (Å²) in [6.07, 6.45) is 65.6. The minimum absolute atomic E-state index is 0. The number of hydrogen-bond donors (Lipinski definition) is 2. The molecular weight excluding hydrogens is 1540 g/mol. The van der Waals surface area contributed by atoms with Gasteiger partial charge in [0.05, 0.1) is 75.6 Å². The molecule has 0 saturated carbocycles. The Balaban J connectivity index is 0.0000155. The fraction of sp³-hybridized carbons (Fsp3) is 0.815. The zero-order chi connectivity index (χ0) is 87.5. The third-order valence-corrected chi connectivity index (χ3v) is 23.2.